The number of nitrogens with zero attached hydrogens (tertiary/aromatic N) is 2. The van der Waals surface area contributed by atoms with Gasteiger partial charge < -0.3 is 14.2 Å². The molecule has 120 valence electrons. The molecule has 7 heteroatoms. The predicted molar refractivity (Wildman–Crippen MR) is 81.1 cm³/mol. The highest BCUT2D eigenvalue weighted by molar-refractivity contribution is 6.29. The topological polar surface area (TPSA) is 62.6 Å². The standard InChI is InChI=1S/C14H23ClN2O4/c1-11(2)14-16-12(15)10-13(18)17(14)4-5-20-8-9-21-7-6-19-3/h10-11H,4-9H2,1-3H3. The fourth-order valence-electron chi connectivity index (χ4n) is 1.78. The van der Waals surface area contributed by atoms with Crippen LogP contribution in [0.1, 0.15) is 25.6 Å². The Morgan fingerprint density at radius 2 is 1.81 bits per heavy atom. The number of hydrogen-bond donors (Lipinski definition) is 0. The van der Waals surface area contributed by atoms with Gasteiger partial charge in [0.2, 0.25) is 0 Å². The molecule has 1 aromatic heterocycles. The average molecular weight is 319 g/mol. The van der Waals surface area contributed by atoms with Crippen molar-refractivity contribution in [2.24, 2.45) is 0 Å². The molecule has 0 saturated carbocycles. The van der Waals surface area contributed by atoms with E-state index in [4.69, 9.17) is 25.8 Å². The van der Waals surface area contributed by atoms with Gasteiger partial charge in [-0.15, -0.1) is 0 Å². The quantitative estimate of drug-likeness (QED) is 0.485. The lowest BCUT2D eigenvalue weighted by molar-refractivity contribution is 0.0227. The van der Waals surface area contributed by atoms with Crippen molar-refractivity contribution in [3.63, 3.8) is 0 Å². The Labute approximate surface area is 130 Å². The lowest BCUT2D eigenvalue weighted by Gasteiger charge is -2.14. The minimum atomic E-state index is -0.154. The van der Waals surface area contributed by atoms with Crippen LogP contribution in [0.25, 0.3) is 0 Å². The van der Waals surface area contributed by atoms with Gasteiger partial charge >= 0.3 is 0 Å². The minimum Gasteiger partial charge on any atom is -0.382 e. The van der Waals surface area contributed by atoms with Crippen LogP contribution >= 0.6 is 11.6 Å². The van der Waals surface area contributed by atoms with Crippen LogP contribution in [0.2, 0.25) is 5.15 Å². The summed E-state index contributed by atoms with van der Waals surface area (Å²) >= 11 is 5.83. The Kier molecular flexibility index (Phi) is 8.52. The van der Waals surface area contributed by atoms with Crippen molar-refractivity contribution >= 4 is 11.6 Å². The van der Waals surface area contributed by atoms with Crippen molar-refractivity contribution in [3.8, 4) is 0 Å². The molecule has 1 heterocycles. The Morgan fingerprint density at radius 3 is 2.43 bits per heavy atom. The second kappa shape index (κ2) is 9.89. The molecular weight excluding hydrogens is 296 g/mol. The number of methoxy groups -OCH3 is 1. The lowest BCUT2D eigenvalue weighted by atomic mass is 10.2. The van der Waals surface area contributed by atoms with Crippen LogP contribution in [0.15, 0.2) is 10.9 Å². The molecule has 0 unspecified atom stereocenters. The highest BCUT2D eigenvalue weighted by Gasteiger charge is 2.11. The molecule has 0 aliphatic carbocycles. The smallest absolute Gasteiger partial charge is 0.255 e. The third kappa shape index (κ3) is 6.56. The summed E-state index contributed by atoms with van der Waals surface area (Å²) in [5, 5.41) is 0.229. The zero-order valence-electron chi connectivity index (χ0n) is 12.8. The van der Waals surface area contributed by atoms with Gasteiger partial charge in [0.05, 0.1) is 39.6 Å². The molecule has 0 aromatic carbocycles. The van der Waals surface area contributed by atoms with E-state index in [2.05, 4.69) is 4.98 Å². The molecule has 0 spiro atoms. The second-order valence-corrected chi connectivity index (χ2v) is 5.19. The first-order valence-corrected chi connectivity index (χ1v) is 7.35. The first-order chi connectivity index (χ1) is 10.1. The van der Waals surface area contributed by atoms with Crippen LogP contribution in [0.4, 0.5) is 0 Å². The van der Waals surface area contributed by atoms with Crippen LogP contribution < -0.4 is 5.56 Å². The van der Waals surface area contributed by atoms with E-state index in [1.54, 1.807) is 11.7 Å². The fourth-order valence-corrected chi connectivity index (χ4v) is 1.96. The minimum absolute atomic E-state index is 0.119. The number of hydrogen-bond acceptors (Lipinski definition) is 5. The largest absolute Gasteiger partial charge is 0.382 e. The van der Waals surface area contributed by atoms with E-state index >= 15 is 0 Å². The maximum absolute atomic E-state index is 11.9. The number of aromatic nitrogens is 2. The Morgan fingerprint density at radius 1 is 1.19 bits per heavy atom. The van der Waals surface area contributed by atoms with Crippen molar-refractivity contribution in [3.05, 3.63) is 27.4 Å². The normalized spacial score (nSPS) is 11.3. The van der Waals surface area contributed by atoms with Gasteiger partial charge in [0.1, 0.15) is 11.0 Å². The molecule has 1 aromatic rings. The van der Waals surface area contributed by atoms with E-state index in [9.17, 15) is 4.79 Å². The highest BCUT2D eigenvalue weighted by Crippen LogP contribution is 2.12. The van der Waals surface area contributed by atoms with Crippen molar-refractivity contribution in [2.75, 3.05) is 40.1 Å². The molecule has 0 atom stereocenters. The van der Waals surface area contributed by atoms with E-state index in [0.717, 1.165) is 0 Å². The van der Waals surface area contributed by atoms with Crippen LogP contribution in [0.5, 0.6) is 0 Å². The van der Waals surface area contributed by atoms with Gasteiger partial charge in [-0.2, -0.15) is 0 Å². The predicted octanol–water partition coefficient (Wildman–Crippen LogP) is 1.70. The molecule has 0 bridgehead atoms. The molecular formula is C14H23ClN2O4. The Hall–Kier alpha value is -0.950. The third-order valence-electron chi connectivity index (χ3n) is 2.79. The van der Waals surface area contributed by atoms with E-state index in [0.29, 0.717) is 45.4 Å². The van der Waals surface area contributed by atoms with Crippen molar-refractivity contribution < 1.29 is 14.2 Å². The van der Waals surface area contributed by atoms with E-state index in [1.165, 1.54) is 6.07 Å². The molecule has 1 rings (SSSR count). The van der Waals surface area contributed by atoms with Crippen LogP contribution in [-0.2, 0) is 20.8 Å². The first kappa shape index (κ1) is 18.1. The molecule has 0 aliphatic rings. The summed E-state index contributed by atoms with van der Waals surface area (Å²) < 4.78 is 17.2. The second-order valence-electron chi connectivity index (χ2n) is 4.80. The molecule has 0 aliphatic heterocycles. The molecule has 0 saturated heterocycles. The van der Waals surface area contributed by atoms with E-state index < -0.39 is 0 Å². The number of ether oxygens (including phenoxy) is 3. The summed E-state index contributed by atoms with van der Waals surface area (Å²) in [7, 11) is 1.63. The zero-order chi connectivity index (χ0) is 15.7. The summed E-state index contributed by atoms with van der Waals surface area (Å²) in [5.74, 6) is 0.793. The SMILES string of the molecule is COCCOCCOCCn1c(C(C)C)nc(Cl)cc1=O. The third-order valence-corrected chi connectivity index (χ3v) is 2.98. The van der Waals surface area contributed by atoms with Gasteiger partial charge in [0, 0.05) is 19.1 Å². The molecule has 0 fully saturated rings. The van der Waals surface area contributed by atoms with Gasteiger partial charge in [0.25, 0.3) is 5.56 Å². The maximum atomic E-state index is 11.9. The van der Waals surface area contributed by atoms with Crippen LogP contribution in [0, 0.1) is 0 Å². The maximum Gasteiger partial charge on any atom is 0.255 e. The summed E-state index contributed by atoms with van der Waals surface area (Å²) in [4.78, 5) is 16.2. The van der Waals surface area contributed by atoms with Gasteiger partial charge in [-0.3, -0.25) is 9.36 Å². The lowest BCUT2D eigenvalue weighted by Crippen LogP contribution is -2.27. The number of halogens is 1. The van der Waals surface area contributed by atoms with Crippen LogP contribution in [-0.4, -0.2) is 49.7 Å². The fraction of sp³-hybridized carbons (Fsp3) is 0.714. The van der Waals surface area contributed by atoms with Gasteiger partial charge in [-0.25, -0.2) is 4.98 Å². The Balaban J connectivity index is 2.40. The number of rotatable bonds is 10. The van der Waals surface area contributed by atoms with Crippen LogP contribution in [0.3, 0.4) is 0 Å². The first-order valence-electron chi connectivity index (χ1n) is 6.98. The zero-order valence-corrected chi connectivity index (χ0v) is 13.6. The van der Waals surface area contributed by atoms with Crippen molar-refractivity contribution in [1.29, 1.82) is 0 Å². The molecule has 6 nitrogen and oxygen atoms in total. The van der Waals surface area contributed by atoms with Gasteiger partial charge in [-0.1, -0.05) is 25.4 Å². The summed E-state index contributed by atoms with van der Waals surface area (Å²) in [6.45, 7) is 6.94. The summed E-state index contributed by atoms with van der Waals surface area (Å²) in [6, 6.07) is 1.32. The van der Waals surface area contributed by atoms with E-state index in [-0.39, 0.29) is 16.6 Å². The summed E-state index contributed by atoms with van der Waals surface area (Å²) in [5.41, 5.74) is -0.154. The Bertz CT molecular complexity index is 477. The van der Waals surface area contributed by atoms with E-state index in [1.807, 2.05) is 13.8 Å². The highest BCUT2D eigenvalue weighted by atomic mass is 35.5. The molecule has 0 amide bonds. The van der Waals surface area contributed by atoms with Gasteiger partial charge in [0.15, 0.2) is 0 Å². The molecule has 0 N–H and O–H groups in total. The van der Waals surface area contributed by atoms with Crippen molar-refractivity contribution in [1.82, 2.24) is 9.55 Å². The van der Waals surface area contributed by atoms with Crippen molar-refractivity contribution in [2.45, 2.75) is 26.3 Å². The average Bonchev–Trinajstić information content (AvgIpc) is 2.43. The summed E-state index contributed by atoms with van der Waals surface area (Å²) in [6.07, 6.45) is 0. The molecule has 21 heavy (non-hydrogen) atoms. The molecule has 0 radical (unpaired) electrons. The van der Waals surface area contributed by atoms with Gasteiger partial charge in [-0.05, 0) is 0 Å². The monoisotopic (exact) mass is 318 g/mol.